The van der Waals surface area contributed by atoms with E-state index in [4.69, 9.17) is 0 Å². The van der Waals surface area contributed by atoms with Crippen LogP contribution in [-0.2, 0) is 0 Å². The molecule has 1 aromatic carbocycles. The number of nitrogens with zero attached hydrogens (tertiary/aromatic N) is 5. The molecule has 0 N–H and O–H groups in total. The molecule has 0 spiro atoms. The first-order valence-electron chi connectivity index (χ1n) is 10.1. The van der Waals surface area contributed by atoms with E-state index < -0.39 is 0 Å². The van der Waals surface area contributed by atoms with E-state index in [9.17, 15) is 9.18 Å². The molecular weight excluding hydrogens is 381 g/mol. The lowest BCUT2D eigenvalue weighted by molar-refractivity contribution is 0.0709. The third kappa shape index (κ3) is 3.20. The van der Waals surface area contributed by atoms with Crippen molar-refractivity contribution in [3.63, 3.8) is 0 Å². The molecule has 30 heavy (non-hydrogen) atoms. The molecule has 4 heterocycles. The minimum Gasteiger partial charge on any atom is -0.354 e. The molecule has 0 saturated carbocycles. The molecule has 0 unspecified atom stereocenters. The average Bonchev–Trinajstić information content (AvgIpc) is 3.32. The summed E-state index contributed by atoms with van der Waals surface area (Å²) in [5.74, 6) is 0.933. The Morgan fingerprint density at radius 2 is 1.87 bits per heavy atom. The molecule has 2 aromatic heterocycles. The number of likely N-dealkylation sites (tertiary alicyclic amines) is 1. The molecule has 2 saturated heterocycles. The van der Waals surface area contributed by atoms with Crippen molar-refractivity contribution >= 4 is 11.7 Å². The molecule has 2 aliphatic heterocycles. The minimum atomic E-state index is -0.291. The monoisotopic (exact) mass is 403 g/mol. The van der Waals surface area contributed by atoms with Gasteiger partial charge < -0.3 is 9.80 Å². The van der Waals surface area contributed by atoms with Crippen molar-refractivity contribution < 1.29 is 9.18 Å². The van der Waals surface area contributed by atoms with Crippen molar-refractivity contribution in [2.75, 3.05) is 24.5 Å². The lowest BCUT2D eigenvalue weighted by Gasteiger charge is -2.30. The summed E-state index contributed by atoms with van der Waals surface area (Å²) >= 11 is 0. The summed E-state index contributed by atoms with van der Waals surface area (Å²) in [6.45, 7) is 4.11. The number of benzene rings is 1. The number of rotatable bonds is 3. The Morgan fingerprint density at radius 1 is 1.00 bits per heavy atom. The number of aromatic nitrogens is 3. The zero-order valence-electron chi connectivity index (χ0n) is 16.6. The summed E-state index contributed by atoms with van der Waals surface area (Å²) in [7, 11) is 0. The van der Waals surface area contributed by atoms with Gasteiger partial charge in [-0.3, -0.25) is 14.8 Å². The Kier molecular flexibility index (Phi) is 4.65. The molecule has 0 aliphatic carbocycles. The third-order valence-corrected chi connectivity index (χ3v) is 6.15. The second-order valence-electron chi connectivity index (χ2n) is 7.97. The van der Waals surface area contributed by atoms with Crippen LogP contribution >= 0.6 is 0 Å². The Hall–Kier alpha value is -3.35. The quantitative estimate of drug-likeness (QED) is 0.672. The van der Waals surface area contributed by atoms with E-state index in [1.807, 2.05) is 24.0 Å². The Labute approximate surface area is 174 Å². The number of pyridine rings is 1. The predicted molar refractivity (Wildman–Crippen MR) is 110 cm³/mol. The minimum absolute atomic E-state index is 0.110. The number of aryl methyl sites for hydroxylation is 1. The van der Waals surface area contributed by atoms with Crippen LogP contribution in [0.1, 0.15) is 27.8 Å². The smallest absolute Gasteiger partial charge is 0.272 e. The maximum absolute atomic E-state index is 14.1. The lowest BCUT2D eigenvalue weighted by atomic mass is 9.89. The Bertz CT molecular complexity index is 1080. The van der Waals surface area contributed by atoms with Gasteiger partial charge in [-0.2, -0.15) is 0 Å². The van der Waals surface area contributed by atoms with Crippen LogP contribution in [0.4, 0.5) is 10.2 Å². The van der Waals surface area contributed by atoms with Gasteiger partial charge in [0.1, 0.15) is 17.3 Å². The number of carbonyl (C=O) groups is 1. The molecule has 2 aliphatic rings. The van der Waals surface area contributed by atoms with Gasteiger partial charge in [0.2, 0.25) is 0 Å². The van der Waals surface area contributed by atoms with Gasteiger partial charge in [0.15, 0.2) is 0 Å². The van der Waals surface area contributed by atoms with Gasteiger partial charge >= 0.3 is 0 Å². The highest BCUT2D eigenvalue weighted by Gasteiger charge is 2.50. The van der Waals surface area contributed by atoms with Crippen LogP contribution < -0.4 is 4.90 Å². The largest absolute Gasteiger partial charge is 0.354 e. The maximum atomic E-state index is 14.1. The van der Waals surface area contributed by atoms with Gasteiger partial charge in [-0.15, -0.1) is 0 Å². The molecule has 6 nitrogen and oxygen atoms in total. The van der Waals surface area contributed by atoms with E-state index in [1.54, 1.807) is 42.9 Å². The van der Waals surface area contributed by atoms with Crippen LogP contribution in [0.2, 0.25) is 0 Å². The fourth-order valence-corrected chi connectivity index (χ4v) is 4.89. The summed E-state index contributed by atoms with van der Waals surface area (Å²) in [4.78, 5) is 30.5. The number of hydrogen-bond donors (Lipinski definition) is 0. The number of amides is 1. The molecule has 3 atom stereocenters. The van der Waals surface area contributed by atoms with Crippen LogP contribution in [0.25, 0.3) is 0 Å². The number of halogens is 1. The van der Waals surface area contributed by atoms with Gasteiger partial charge in [0.25, 0.3) is 5.91 Å². The van der Waals surface area contributed by atoms with E-state index in [0.717, 1.165) is 30.2 Å². The van der Waals surface area contributed by atoms with Gasteiger partial charge in [0, 0.05) is 50.1 Å². The highest BCUT2D eigenvalue weighted by Crippen LogP contribution is 2.46. The second-order valence-corrected chi connectivity index (χ2v) is 7.97. The molecule has 0 bridgehead atoms. The van der Waals surface area contributed by atoms with E-state index in [2.05, 4.69) is 19.9 Å². The molecular formula is C23H22FN5O. The number of fused-ring (bicyclic) bond motifs is 1. The predicted octanol–water partition coefficient (Wildman–Crippen LogP) is 3.27. The molecule has 0 radical (unpaired) electrons. The fourth-order valence-electron chi connectivity index (χ4n) is 4.89. The topological polar surface area (TPSA) is 62.2 Å². The van der Waals surface area contributed by atoms with Crippen LogP contribution in [-0.4, -0.2) is 45.4 Å². The summed E-state index contributed by atoms with van der Waals surface area (Å²) < 4.78 is 14.1. The molecule has 152 valence electrons. The van der Waals surface area contributed by atoms with Crippen molar-refractivity contribution in [3.8, 4) is 0 Å². The van der Waals surface area contributed by atoms with Crippen molar-refractivity contribution in [1.82, 2.24) is 19.9 Å². The highest BCUT2D eigenvalue weighted by molar-refractivity contribution is 5.92. The Balaban J connectivity index is 1.49. The zero-order valence-corrected chi connectivity index (χ0v) is 16.6. The lowest BCUT2D eigenvalue weighted by Crippen LogP contribution is -2.36. The van der Waals surface area contributed by atoms with Gasteiger partial charge in [-0.1, -0.05) is 18.2 Å². The van der Waals surface area contributed by atoms with E-state index >= 15 is 0 Å². The van der Waals surface area contributed by atoms with Gasteiger partial charge in [-0.05, 0) is 36.8 Å². The second kappa shape index (κ2) is 7.48. The number of carbonyl (C=O) groups excluding carboxylic acids is 1. The van der Waals surface area contributed by atoms with E-state index in [-0.39, 0.29) is 29.6 Å². The SMILES string of the molecule is Cc1nccnc1N1C[C@H]2CN(C(=O)c3ccccn3)[C@H](c3cccc(F)c3)[C@H]2C1. The summed E-state index contributed by atoms with van der Waals surface area (Å²) in [6.07, 6.45) is 5.02. The first kappa shape index (κ1) is 18.7. The van der Waals surface area contributed by atoms with Crippen molar-refractivity contribution in [2.45, 2.75) is 13.0 Å². The highest BCUT2D eigenvalue weighted by atomic mass is 19.1. The molecule has 2 fully saturated rings. The van der Waals surface area contributed by atoms with Crippen LogP contribution in [0.15, 0.2) is 61.1 Å². The van der Waals surface area contributed by atoms with Crippen LogP contribution in [0.3, 0.4) is 0 Å². The normalized spacial score (nSPS) is 22.9. The summed E-state index contributed by atoms with van der Waals surface area (Å²) in [5.41, 5.74) is 2.13. The molecule has 1 amide bonds. The van der Waals surface area contributed by atoms with Crippen molar-refractivity contribution in [3.05, 3.63) is 83.8 Å². The average molecular weight is 403 g/mol. The van der Waals surface area contributed by atoms with Crippen LogP contribution in [0, 0.1) is 24.6 Å². The van der Waals surface area contributed by atoms with Crippen molar-refractivity contribution in [1.29, 1.82) is 0 Å². The van der Waals surface area contributed by atoms with Gasteiger partial charge in [-0.25, -0.2) is 9.37 Å². The van der Waals surface area contributed by atoms with Crippen molar-refractivity contribution in [2.24, 2.45) is 11.8 Å². The first-order chi connectivity index (χ1) is 14.6. The van der Waals surface area contributed by atoms with Gasteiger partial charge in [0.05, 0.1) is 11.7 Å². The summed E-state index contributed by atoms with van der Waals surface area (Å²) in [5, 5.41) is 0. The number of anilines is 1. The molecule has 7 heteroatoms. The third-order valence-electron chi connectivity index (χ3n) is 6.15. The maximum Gasteiger partial charge on any atom is 0.272 e. The zero-order chi connectivity index (χ0) is 20.7. The number of hydrogen-bond acceptors (Lipinski definition) is 5. The van der Waals surface area contributed by atoms with E-state index in [1.165, 1.54) is 6.07 Å². The first-order valence-corrected chi connectivity index (χ1v) is 10.1. The molecule has 5 rings (SSSR count). The summed E-state index contributed by atoms with van der Waals surface area (Å²) in [6, 6.07) is 11.7. The fraction of sp³-hybridized carbons (Fsp3) is 0.304. The van der Waals surface area contributed by atoms with Crippen LogP contribution in [0.5, 0.6) is 0 Å². The Morgan fingerprint density at radius 3 is 2.63 bits per heavy atom. The van der Waals surface area contributed by atoms with E-state index in [0.29, 0.717) is 12.2 Å². The standard InChI is InChI=1S/C23H22FN5O/c1-15-22(27-10-9-25-15)28-12-17-13-29(23(30)20-7-2-3-8-26-20)21(19(17)14-28)16-5-4-6-18(24)11-16/h2-11,17,19,21H,12-14H2,1H3/t17-,19-,21+/m0/s1. The molecule has 3 aromatic rings.